The van der Waals surface area contributed by atoms with Gasteiger partial charge in [0.15, 0.2) is 12.2 Å². The van der Waals surface area contributed by atoms with Crippen LogP contribution in [-0.2, 0) is 65.4 Å². The average molecular weight is 1300 g/mol. The van der Waals surface area contributed by atoms with E-state index in [4.69, 9.17) is 37.0 Å². The molecule has 88 heavy (non-hydrogen) atoms. The van der Waals surface area contributed by atoms with Crippen LogP contribution in [0.1, 0.15) is 356 Å². The van der Waals surface area contributed by atoms with Crippen molar-refractivity contribution in [3.8, 4) is 0 Å². The summed E-state index contributed by atoms with van der Waals surface area (Å²) in [6.07, 6.45) is 48.5. The lowest BCUT2D eigenvalue weighted by atomic mass is 9.99. The third kappa shape index (κ3) is 61.6. The van der Waals surface area contributed by atoms with Crippen molar-refractivity contribution in [2.75, 3.05) is 39.6 Å². The Balaban J connectivity index is 5.23. The molecule has 0 radical (unpaired) electrons. The minimum atomic E-state index is -4.95. The fourth-order valence-electron chi connectivity index (χ4n) is 10.4. The van der Waals surface area contributed by atoms with Crippen molar-refractivity contribution in [1.29, 1.82) is 0 Å². The maximum absolute atomic E-state index is 13.0. The minimum absolute atomic E-state index is 0.105. The molecule has 0 aromatic heterocycles. The highest BCUT2D eigenvalue weighted by Gasteiger charge is 2.30. The van der Waals surface area contributed by atoms with Crippen molar-refractivity contribution >= 4 is 39.5 Å². The van der Waals surface area contributed by atoms with E-state index < -0.39 is 97.5 Å². The van der Waals surface area contributed by atoms with Gasteiger partial charge in [0.05, 0.1) is 26.4 Å². The highest BCUT2D eigenvalue weighted by atomic mass is 31.2. The molecular weight excluding hydrogens is 1160 g/mol. The molecule has 522 valence electrons. The number of aliphatic hydroxyl groups is 1. The van der Waals surface area contributed by atoms with Gasteiger partial charge in [0.2, 0.25) is 0 Å². The van der Waals surface area contributed by atoms with Crippen molar-refractivity contribution in [3.05, 3.63) is 0 Å². The molecule has 19 heteroatoms. The summed E-state index contributed by atoms with van der Waals surface area (Å²) in [5.41, 5.74) is 0. The summed E-state index contributed by atoms with van der Waals surface area (Å²) in [7, 11) is -9.89. The summed E-state index contributed by atoms with van der Waals surface area (Å²) in [5, 5.41) is 10.6. The van der Waals surface area contributed by atoms with E-state index in [0.29, 0.717) is 25.7 Å². The predicted molar refractivity (Wildman–Crippen MR) is 354 cm³/mol. The van der Waals surface area contributed by atoms with E-state index in [2.05, 4.69) is 34.6 Å². The van der Waals surface area contributed by atoms with Crippen LogP contribution in [-0.4, -0.2) is 96.7 Å². The number of carbonyl (C=O) groups is 4. The highest BCUT2D eigenvalue weighted by molar-refractivity contribution is 7.47. The van der Waals surface area contributed by atoms with E-state index in [1.165, 1.54) is 173 Å². The number of aliphatic hydroxyl groups excluding tert-OH is 1. The van der Waals surface area contributed by atoms with Gasteiger partial charge in [-0.25, -0.2) is 9.13 Å². The molecule has 3 unspecified atom stereocenters. The SMILES string of the molecule is CCCCCCCCCCCCCCCCCC(=O)O[C@H](COC(=O)CCCCCCCCCCCCCCC)COP(=O)(O)OC[C@@H](O)COP(=O)(O)OC[C@@H](COC(=O)CCCCCCCCCC)OC(=O)CCCCCCCCCCC(C)CC. The lowest BCUT2D eigenvalue weighted by molar-refractivity contribution is -0.161. The lowest BCUT2D eigenvalue weighted by Crippen LogP contribution is -2.30. The van der Waals surface area contributed by atoms with E-state index in [9.17, 15) is 43.2 Å². The van der Waals surface area contributed by atoms with E-state index in [1.807, 2.05) is 0 Å². The molecule has 3 N–H and O–H groups in total. The van der Waals surface area contributed by atoms with E-state index in [-0.39, 0.29) is 25.7 Å². The Morgan fingerprint density at radius 2 is 0.545 bits per heavy atom. The Hall–Kier alpha value is -1.94. The van der Waals surface area contributed by atoms with E-state index in [1.54, 1.807) is 0 Å². The molecule has 0 amide bonds. The Labute approximate surface area is 537 Å². The molecule has 0 aliphatic rings. The van der Waals surface area contributed by atoms with Gasteiger partial charge in [-0.05, 0) is 31.6 Å². The average Bonchev–Trinajstić information content (AvgIpc) is 3.63. The Kier molecular flexibility index (Phi) is 61.1. The summed E-state index contributed by atoms with van der Waals surface area (Å²) in [5.74, 6) is -1.36. The van der Waals surface area contributed by atoms with Crippen molar-refractivity contribution < 1.29 is 80.2 Å². The summed E-state index contributed by atoms with van der Waals surface area (Å²) in [6.45, 7) is 7.22. The summed E-state index contributed by atoms with van der Waals surface area (Å²) in [6, 6.07) is 0. The van der Waals surface area contributed by atoms with Gasteiger partial charge in [-0.15, -0.1) is 0 Å². The molecule has 0 spiro atoms. The van der Waals surface area contributed by atoms with Crippen LogP contribution in [0.3, 0.4) is 0 Å². The Bertz CT molecular complexity index is 1710. The number of unbranched alkanes of at least 4 members (excludes halogenated alkanes) is 40. The number of esters is 4. The van der Waals surface area contributed by atoms with E-state index >= 15 is 0 Å². The molecule has 6 atom stereocenters. The third-order valence-electron chi connectivity index (χ3n) is 16.4. The smallest absolute Gasteiger partial charge is 0.462 e. The van der Waals surface area contributed by atoms with Gasteiger partial charge >= 0.3 is 39.5 Å². The summed E-state index contributed by atoms with van der Waals surface area (Å²) in [4.78, 5) is 72.4. The van der Waals surface area contributed by atoms with Crippen molar-refractivity contribution in [1.82, 2.24) is 0 Å². The molecule has 17 nitrogen and oxygen atoms in total. The van der Waals surface area contributed by atoms with Crippen LogP contribution in [0.25, 0.3) is 0 Å². The number of ether oxygens (including phenoxy) is 4. The summed E-state index contributed by atoms with van der Waals surface area (Å²) >= 11 is 0. The maximum Gasteiger partial charge on any atom is 0.472 e. The molecular formula is C69H134O17P2. The Morgan fingerprint density at radius 3 is 0.807 bits per heavy atom. The van der Waals surface area contributed by atoms with Crippen LogP contribution < -0.4 is 0 Å². The zero-order chi connectivity index (χ0) is 64.9. The second-order valence-corrected chi connectivity index (χ2v) is 28.1. The number of hydrogen-bond acceptors (Lipinski definition) is 15. The van der Waals surface area contributed by atoms with Gasteiger partial charge < -0.3 is 33.8 Å². The molecule has 0 bridgehead atoms. The fraction of sp³-hybridized carbons (Fsp3) is 0.942. The maximum atomic E-state index is 13.0. The number of carbonyl (C=O) groups excluding carboxylic acids is 4. The standard InChI is InChI=1S/C69H134O17P2/c1-6-10-13-16-19-22-24-26-27-29-31-33-39-44-49-54-68(73)85-65(59-80-67(72)53-48-43-38-32-30-28-25-23-20-17-14-11-7-2)61-84-88(77,78)82-57-63(70)56-81-87(75,76)83-60-64(58-79-66(71)52-47-42-37-21-18-15-12-8-3)86-69(74)55-50-45-40-35-34-36-41-46-51-62(5)9-4/h62-65,70H,6-61H2,1-5H3,(H,75,76)(H,77,78)/t62?,63-,64+,65+/m0/s1. The van der Waals surface area contributed by atoms with Crippen molar-refractivity contribution in [2.24, 2.45) is 5.92 Å². The van der Waals surface area contributed by atoms with Crippen molar-refractivity contribution in [2.45, 2.75) is 374 Å². The molecule has 0 aliphatic carbocycles. The van der Waals surface area contributed by atoms with Crippen LogP contribution in [0, 0.1) is 5.92 Å². The highest BCUT2D eigenvalue weighted by Crippen LogP contribution is 2.45. The topological polar surface area (TPSA) is 237 Å². The van der Waals surface area contributed by atoms with Crippen LogP contribution in [0.5, 0.6) is 0 Å². The second kappa shape index (κ2) is 62.5. The van der Waals surface area contributed by atoms with Gasteiger partial charge in [0.1, 0.15) is 19.3 Å². The molecule has 0 fully saturated rings. The Morgan fingerprint density at radius 1 is 0.318 bits per heavy atom. The lowest BCUT2D eigenvalue weighted by Gasteiger charge is -2.21. The van der Waals surface area contributed by atoms with Gasteiger partial charge in [0, 0.05) is 25.7 Å². The first-order valence-electron chi connectivity index (χ1n) is 36.2. The zero-order valence-corrected chi connectivity index (χ0v) is 58.6. The molecule has 0 aromatic rings. The second-order valence-electron chi connectivity index (χ2n) is 25.2. The number of phosphoric ester groups is 2. The van der Waals surface area contributed by atoms with Gasteiger partial charge in [0.25, 0.3) is 0 Å². The zero-order valence-electron chi connectivity index (χ0n) is 56.9. The van der Waals surface area contributed by atoms with Crippen LogP contribution in [0.4, 0.5) is 0 Å². The third-order valence-corrected chi connectivity index (χ3v) is 18.3. The predicted octanol–water partition coefficient (Wildman–Crippen LogP) is 19.7. The van der Waals surface area contributed by atoms with E-state index in [0.717, 1.165) is 102 Å². The van der Waals surface area contributed by atoms with Crippen LogP contribution in [0.2, 0.25) is 0 Å². The first-order chi connectivity index (χ1) is 42.6. The first kappa shape index (κ1) is 86.1. The van der Waals surface area contributed by atoms with Gasteiger partial charge in [-0.2, -0.15) is 0 Å². The normalized spacial score (nSPS) is 14.4. The van der Waals surface area contributed by atoms with Crippen molar-refractivity contribution in [3.63, 3.8) is 0 Å². The summed E-state index contributed by atoms with van der Waals surface area (Å²) < 4.78 is 68.2. The molecule has 0 saturated carbocycles. The number of rotatable bonds is 69. The monoisotopic (exact) mass is 1300 g/mol. The molecule has 0 saturated heterocycles. The molecule has 0 aromatic carbocycles. The first-order valence-corrected chi connectivity index (χ1v) is 39.2. The molecule has 0 rings (SSSR count). The van der Waals surface area contributed by atoms with Gasteiger partial charge in [-0.3, -0.25) is 37.3 Å². The van der Waals surface area contributed by atoms with Crippen LogP contribution >= 0.6 is 15.6 Å². The number of phosphoric acid groups is 2. The van der Waals surface area contributed by atoms with Gasteiger partial charge in [-0.1, -0.05) is 304 Å². The number of hydrogen-bond donors (Lipinski definition) is 3. The molecule has 0 heterocycles. The molecule has 0 aliphatic heterocycles. The van der Waals surface area contributed by atoms with Crippen LogP contribution in [0.15, 0.2) is 0 Å². The fourth-order valence-corrected chi connectivity index (χ4v) is 12.0. The quantitative estimate of drug-likeness (QED) is 0.0222. The minimum Gasteiger partial charge on any atom is -0.462 e. The largest absolute Gasteiger partial charge is 0.472 e.